The monoisotopic (exact) mass is 825 g/mol. The fourth-order valence-electron chi connectivity index (χ4n) is 11.0. The van der Waals surface area contributed by atoms with Gasteiger partial charge in [-0.1, -0.05) is 170 Å². The Morgan fingerprint density at radius 2 is 0.831 bits per heavy atom. The highest BCUT2D eigenvalue weighted by atomic mass is 15.0. The molecule has 0 spiro atoms. The van der Waals surface area contributed by atoms with Gasteiger partial charge < -0.3 is 9.13 Å². The first-order chi connectivity index (χ1) is 32.2. The highest BCUT2D eigenvalue weighted by Crippen LogP contribution is 2.58. The van der Waals surface area contributed by atoms with E-state index in [1.54, 1.807) is 0 Å². The van der Waals surface area contributed by atoms with Crippen molar-refractivity contribution < 1.29 is 0 Å². The van der Waals surface area contributed by atoms with Crippen molar-refractivity contribution in [3.8, 4) is 50.8 Å². The first-order valence-electron chi connectivity index (χ1n) is 22.2. The number of aromatic nitrogens is 2. The third-order valence-electron chi connectivity index (χ3n) is 13.9. The minimum absolute atomic E-state index is 0.478. The van der Waals surface area contributed by atoms with Gasteiger partial charge in [-0.2, -0.15) is 5.26 Å². The molecule has 13 rings (SSSR count). The molecule has 3 heteroatoms. The summed E-state index contributed by atoms with van der Waals surface area (Å²) in [4.78, 5) is 0. The second kappa shape index (κ2) is 14.4. The van der Waals surface area contributed by atoms with E-state index in [1.807, 2.05) is 24.3 Å². The maximum absolute atomic E-state index is 9.28. The summed E-state index contributed by atoms with van der Waals surface area (Å²) in [5.41, 5.74) is 19.4. The van der Waals surface area contributed by atoms with Crippen LogP contribution in [-0.2, 0) is 5.41 Å². The first-order valence-corrected chi connectivity index (χ1v) is 22.2. The number of hydrogen-bond acceptors (Lipinski definition) is 1. The number of para-hydroxylation sites is 2. The maximum atomic E-state index is 9.28. The summed E-state index contributed by atoms with van der Waals surface area (Å²) in [6.45, 7) is 0. The molecule has 10 aromatic carbocycles. The van der Waals surface area contributed by atoms with Crippen molar-refractivity contribution in [2.45, 2.75) is 5.41 Å². The molecule has 0 bridgehead atoms. The van der Waals surface area contributed by atoms with Crippen LogP contribution in [0.4, 0.5) is 0 Å². The molecule has 1 aliphatic rings. The summed E-state index contributed by atoms with van der Waals surface area (Å²) in [6, 6.07) is 88.3. The van der Waals surface area contributed by atoms with Crippen LogP contribution in [0.15, 0.2) is 237 Å². The smallest absolute Gasteiger partial charge is 0.0991 e. The fraction of sp³-hybridized carbons (Fsp3) is 0.0161. The Morgan fingerprint density at radius 3 is 1.45 bits per heavy atom. The molecule has 0 aliphatic heterocycles. The van der Waals surface area contributed by atoms with E-state index in [0.717, 1.165) is 16.8 Å². The fourth-order valence-corrected chi connectivity index (χ4v) is 11.0. The SMILES string of the molecule is N#Cc1ccc(-c2ccc(-n3c4ccccc4c4cc(-c5ccc6c(c5)c5ccccc5n6-c5cccc6c5-c5ccccc5C6(c5ccccc5)c5ccccc5)ccc43)cc2)cc1. The lowest BCUT2D eigenvalue weighted by Gasteiger charge is -2.34. The van der Waals surface area contributed by atoms with Gasteiger partial charge in [0.15, 0.2) is 0 Å². The molecule has 0 atom stereocenters. The molecule has 12 aromatic rings. The topological polar surface area (TPSA) is 33.6 Å². The summed E-state index contributed by atoms with van der Waals surface area (Å²) < 4.78 is 4.87. The number of benzene rings is 10. The molecule has 0 radical (unpaired) electrons. The highest BCUT2D eigenvalue weighted by Gasteiger charge is 2.47. The lowest BCUT2D eigenvalue weighted by Crippen LogP contribution is -2.28. The zero-order chi connectivity index (χ0) is 43.1. The van der Waals surface area contributed by atoms with E-state index < -0.39 is 5.41 Å². The molecule has 1 aliphatic carbocycles. The minimum Gasteiger partial charge on any atom is -0.309 e. The standard InChI is InChI=1S/C62H39N3/c63-40-41-26-28-42(29-27-41)43-30-34-48(35-31-43)64-56-23-11-8-18-49(56)52-38-44(32-36-58(52)64)45-33-37-59-53(39-45)50-19-9-12-24-57(50)65(59)60-25-13-22-55-61(60)51-20-7-10-21-54(51)62(55,46-14-3-1-4-15-46)47-16-5-2-6-17-47/h1-39H. The summed E-state index contributed by atoms with van der Waals surface area (Å²) in [5, 5.41) is 14.2. The molecule has 3 nitrogen and oxygen atoms in total. The molecule has 0 saturated heterocycles. The van der Waals surface area contributed by atoms with E-state index in [0.29, 0.717) is 5.56 Å². The summed E-state index contributed by atoms with van der Waals surface area (Å²) in [6.07, 6.45) is 0. The lowest BCUT2D eigenvalue weighted by molar-refractivity contribution is 0.768. The summed E-state index contributed by atoms with van der Waals surface area (Å²) in [5.74, 6) is 0. The highest BCUT2D eigenvalue weighted by molar-refractivity contribution is 6.13. The molecule has 2 aromatic heterocycles. The normalized spacial score (nSPS) is 12.7. The van der Waals surface area contributed by atoms with Crippen molar-refractivity contribution in [1.82, 2.24) is 9.13 Å². The minimum atomic E-state index is -0.478. The van der Waals surface area contributed by atoms with Crippen LogP contribution in [-0.4, -0.2) is 9.13 Å². The van der Waals surface area contributed by atoms with Crippen LogP contribution in [0.2, 0.25) is 0 Å². The van der Waals surface area contributed by atoms with Crippen molar-refractivity contribution in [3.05, 3.63) is 264 Å². The van der Waals surface area contributed by atoms with E-state index in [1.165, 1.54) is 93.8 Å². The summed E-state index contributed by atoms with van der Waals surface area (Å²) >= 11 is 0. The van der Waals surface area contributed by atoms with E-state index in [-0.39, 0.29) is 0 Å². The average molecular weight is 826 g/mol. The van der Waals surface area contributed by atoms with Gasteiger partial charge in [0.05, 0.1) is 44.8 Å². The molecule has 0 fully saturated rings. The molecule has 0 N–H and O–H groups in total. The van der Waals surface area contributed by atoms with Gasteiger partial charge >= 0.3 is 0 Å². The average Bonchev–Trinajstić information content (AvgIpc) is 4.01. The van der Waals surface area contributed by atoms with Crippen LogP contribution in [0.25, 0.3) is 88.4 Å². The molecular weight excluding hydrogens is 787 g/mol. The number of nitriles is 1. The quantitative estimate of drug-likeness (QED) is 0.164. The van der Waals surface area contributed by atoms with Crippen LogP contribution in [0.1, 0.15) is 27.8 Å². The van der Waals surface area contributed by atoms with E-state index in [9.17, 15) is 5.26 Å². The summed E-state index contributed by atoms with van der Waals surface area (Å²) in [7, 11) is 0. The molecule has 302 valence electrons. The van der Waals surface area contributed by atoms with Crippen molar-refractivity contribution in [2.24, 2.45) is 0 Å². The van der Waals surface area contributed by atoms with Gasteiger partial charge in [0, 0.05) is 32.8 Å². The zero-order valence-electron chi connectivity index (χ0n) is 35.4. The third kappa shape index (κ3) is 5.41. The van der Waals surface area contributed by atoms with Crippen LogP contribution >= 0.6 is 0 Å². The number of hydrogen-bond donors (Lipinski definition) is 0. The largest absolute Gasteiger partial charge is 0.309 e. The number of nitrogens with zero attached hydrogens (tertiary/aromatic N) is 3. The Kier molecular flexibility index (Phi) is 8.19. The van der Waals surface area contributed by atoms with Crippen LogP contribution in [0.5, 0.6) is 0 Å². The van der Waals surface area contributed by atoms with Crippen molar-refractivity contribution >= 4 is 43.6 Å². The number of fused-ring (bicyclic) bond motifs is 9. The predicted molar refractivity (Wildman–Crippen MR) is 268 cm³/mol. The van der Waals surface area contributed by atoms with Gasteiger partial charge in [0.1, 0.15) is 0 Å². The van der Waals surface area contributed by atoms with Gasteiger partial charge in [-0.25, -0.2) is 0 Å². The van der Waals surface area contributed by atoms with Crippen molar-refractivity contribution in [2.75, 3.05) is 0 Å². The molecular formula is C62H39N3. The third-order valence-corrected chi connectivity index (χ3v) is 13.9. The van der Waals surface area contributed by atoms with E-state index >= 15 is 0 Å². The Balaban J connectivity index is 0.968. The molecule has 0 amide bonds. The molecule has 2 heterocycles. The second-order valence-corrected chi connectivity index (χ2v) is 17.1. The Morgan fingerprint density at radius 1 is 0.354 bits per heavy atom. The maximum Gasteiger partial charge on any atom is 0.0991 e. The van der Waals surface area contributed by atoms with Crippen molar-refractivity contribution in [1.29, 1.82) is 5.26 Å². The van der Waals surface area contributed by atoms with Gasteiger partial charge in [0.2, 0.25) is 0 Å². The lowest BCUT2D eigenvalue weighted by atomic mass is 9.68. The second-order valence-electron chi connectivity index (χ2n) is 17.1. The molecule has 0 saturated carbocycles. The Bertz CT molecular complexity index is 3830. The van der Waals surface area contributed by atoms with Gasteiger partial charge in [-0.15, -0.1) is 0 Å². The number of rotatable bonds is 6. The van der Waals surface area contributed by atoms with E-state index in [4.69, 9.17) is 0 Å². The van der Waals surface area contributed by atoms with Crippen LogP contribution in [0.3, 0.4) is 0 Å². The predicted octanol–water partition coefficient (Wildman–Crippen LogP) is 15.4. The van der Waals surface area contributed by atoms with Crippen molar-refractivity contribution in [3.63, 3.8) is 0 Å². The van der Waals surface area contributed by atoms with Crippen LogP contribution < -0.4 is 0 Å². The molecule has 0 unspecified atom stereocenters. The zero-order valence-corrected chi connectivity index (χ0v) is 35.4. The van der Waals surface area contributed by atoms with Gasteiger partial charge in [-0.05, 0) is 117 Å². The Labute approximate surface area is 377 Å². The van der Waals surface area contributed by atoms with Crippen LogP contribution in [0, 0.1) is 11.3 Å². The Hall–Kier alpha value is -8.71. The van der Waals surface area contributed by atoms with E-state index in [2.05, 4.69) is 228 Å². The molecule has 65 heavy (non-hydrogen) atoms. The first kappa shape index (κ1) is 36.9. The van der Waals surface area contributed by atoms with Gasteiger partial charge in [-0.3, -0.25) is 0 Å². The van der Waals surface area contributed by atoms with Gasteiger partial charge in [0.25, 0.3) is 0 Å².